The first-order valence-corrected chi connectivity index (χ1v) is 12.2. The molecule has 1 unspecified atom stereocenters. The first-order valence-electron chi connectivity index (χ1n) is 12.2. The fourth-order valence-corrected chi connectivity index (χ4v) is 5.06. The van der Waals surface area contributed by atoms with Crippen molar-refractivity contribution in [2.24, 2.45) is 5.92 Å². The van der Waals surface area contributed by atoms with E-state index >= 15 is 0 Å². The van der Waals surface area contributed by atoms with Crippen LogP contribution in [0.5, 0.6) is 0 Å². The third kappa shape index (κ3) is 5.19. The lowest BCUT2D eigenvalue weighted by Gasteiger charge is -2.37. The molecule has 2 aromatic heterocycles. The molecule has 1 aromatic carbocycles. The van der Waals surface area contributed by atoms with Gasteiger partial charge in [0.25, 0.3) is 5.56 Å². The largest absolute Gasteiger partial charge is 0.465 e. The standard InChI is InChI=1S/C25H34N6O3/c1-5-34-22(32)15-31-24(27-28-29-31)23(16(2)3)30(20-8-6-7-9-20)14-19-13-18-11-10-17(4)12-21(18)26-25(19)33/h10-13,16,20,23H,5-9,14-15H2,1-4H3,(H,26,33). The quantitative estimate of drug-likeness (QED) is 0.481. The number of fused-ring (bicyclic) bond motifs is 1. The van der Waals surface area contributed by atoms with Crippen LogP contribution < -0.4 is 5.56 Å². The number of carbonyl (C=O) groups excluding carboxylic acids is 1. The maximum absolute atomic E-state index is 13.1. The second-order valence-electron chi connectivity index (χ2n) is 9.51. The summed E-state index contributed by atoms with van der Waals surface area (Å²) in [5.41, 5.74) is 2.60. The number of hydrogen-bond donors (Lipinski definition) is 1. The molecule has 0 amide bonds. The fraction of sp³-hybridized carbons (Fsp3) is 0.560. The van der Waals surface area contributed by atoms with Crippen LogP contribution in [0.4, 0.5) is 0 Å². The number of hydrogen-bond acceptors (Lipinski definition) is 7. The zero-order chi connectivity index (χ0) is 24.2. The lowest BCUT2D eigenvalue weighted by Crippen LogP contribution is -2.41. The molecule has 1 aliphatic rings. The third-order valence-electron chi connectivity index (χ3n) is 6.62. The summed E-state index contributed by atoms with van der Waals surface area (Å²) < 4.78 is 6.66. The Morgan fingerprint density at radius 1 is 1.26 bits per heavy atom. The predicted molar refractivity (Wildman–Crippen MR) is 129 cm³/mol. The van der Waals surface area contributed by atoms with Gasteiger partial charge in [-0.05, 0) is 66.1 Å². The number of H-pyrrole nitrogens is 1. The van der Waals surface area contributed by atoms with Crippen LogP contribution in [-0.4, -0.2) is 48.7 Å². The molecule has 2 heterocycles. The molecule has 182 valence electrons. The van der Waals surface area contributed by atoms with Gasteiger partial charge in [-0.25, -0.2) is 4.68 Å². The van der Waals surface area contributed by atoms with Crippen LogP contribution in [0.15, 0.2) is 29.1 Å². The molecule has 1 atom stereocenters. The normalized spacial score (nSPS) is 15.5. The molecule has 34 heavy (non-hydrogen) atoms. The molecule has 1 N–H and O–H groups in total. The Labute approximate surface area is 199 Å². The highest BCUT2D eigenvalue weighted by atomic mass is 16.5. The second-order valence-corrected chi connectivity index (χ2v) is 9.51. The molecule has 3 aromatic rings. The summed E-state index contributed by atoms with van der Waals surface area (Å²) in [4.78, 5) is 30.7. The van der Waals surface area contributed by atoms with Gasteiger partial charge in [0.1, 0.15) is 6.54 Å². The van der Waals surface area contributed by atoms with Gasteiger partial charge in [-0.15, -0.1) is 5.10 Å². The molecule has 0 saturated heterocycles. The molecule has 0 bridgehead atoms. The van der Waals surface area contributed by atoms with Crippen molar-refractivity contribution in [3.05, 3.63) is 51.6 Å². The number of ether oxygens (including phenoxy) is 1. The molecule has 4 rings (SSSR count). The van der Waals surface area contributed by atoms with Crippen molar-refractivity contribution in [2.45, 2.75) is 78.6 Å². The molecule has 1 fully saturated rings. The Morgan fingerprint density at radius 3 is 2.74 bits per heavy atom. The van der Waals surface area contributed by atoms with Gasteiger partial charge in [0.2, 0.25) is 0 Å². The first-order chi connectivity index (χ1) is 16.4. The van der Waals surface area contributed by atoms with Gasteiger partial charge in [0.05, 0.1) is 12.6 Å². The molecule has 0 spiro atoms. The second kappa shape index (κ2) is 10.5. The van der Waals surface area contributed by atoms with Gasteiger partial charge >= 0.3 is 5.97 Å². The summed E-state index contributed by atoms with van der Waals surface area (Å²) in [6, 6.07) is 8.25. The number of carbonyl (C=O) groups is 1. The van der Waals surface area contributed by atoms with E-state index in [0.717, 1.165) is 47.7 Å². The molecule has 1 aliphatic carbocycles. The average molecular weight is 467 g/mol. The minimum absolute atomic E-state index is 0.0339. The van der Waals surface area contributed by atoms with E-state index in [-0.39, 0.29) is 30.0 Å². The number of aryl methyl sites for hydroxylation is 1. The number of aromatic nitrogens is 5. The van der Waals surface area contributed by atoms with E-state index in [1.165, 1.54) is 4.68 Å². The summed E-state index contributed by atoms with van der Waals surface area (Å²) in [5.74, 6) is 0.421. The summed E-state index contributed by atoms with van der Waals surface area (Å²) in [7, 11) is 0. The van der Waals surface area contributed by atoms with Crippen LogP contribution in [-0.2, 0) is 22.6 Å². The van der Waals surface area contributed by atoms with E-state index in [1.807, 2.05) is 25.1 Å². The van der Waals surface area contributed by atoms with Gasteiger partial charge in [-0.3, -0.25) is 14.5 Å². The molecule has 9 heteroatoms. The van der Waals surface area contributed by atoms with Gasteiger partial charge in [0.15, 0.2) is 5.82 Å². The Hall–Kier alpha value is -3.07. The lowest BCUT2D eigenvalue weighted by atomic mass is 9.97. The zero-order valence-electron chi connectivity index (χ0n) is 20.5. The first kappa shape index (κ1) is 24.1. The Kier molecular flexibility index (Phi) is 7.41. The van der Waals surface area contributed by atoms with E-state index in [1.54, 1.807) is 6.92 Å². The summed E-state index contributed by atoms with van der Waals surface area (Å²) in [5, 5.41) is 13.3. The van der Waals surface area contributed by atoms with E-state index in [0.29, 0.717) is 25.0 Å². The highest BCUT2D eigenvalue weighted by molar-refractivity contribution is 5.79. The van der Waals surface area contributed by atoms with Crippen LogP contribution >= 0.6 is 0 Å². The predicted octanol–water partition coefficient (Wildman–Crippen LogP) is 3.53. The van der Waals surface area contributed by atoms with Crippen molar-refractivity contribution >= 4 is 16.9 Å². The van der Waals surface area contributed by atoms with Gasteiger partial charge in [-0.1, -0.05) is 38.8 Å². The maximum Gasteiger partial charge on any atom is 0.327 e. The van der Waals surface area contributed by atoms with Crippen LogP contribution in [0.3, 0.4) is 0 Å². The van der Waals surface area contributed by atoms with Crippen LogP contribution in [0, 0.1) is 12.8 Å². The van der Waals surface area contributed by atoms with Gasteiger partial charge in [0, 0.05) is 23.7 Å². The highest BCUT2D eigenvalue weighted by Crippen LogP contribution is 2.35. The number of rotatable bonds is 9. The van der Waals surface area contributed by atoms with Crippen LogP contribution in [0.1, 0.15) is 69.4 Å². The third-order valence-corrected chi connectivity index (χ3v) is 6.62. The minimum atomic E-state index is -0.368. The minimum Gasteiger partial charge on any atom is -0.465 e. The molecule has 1 saturated carbocycles. The van der Waals surface area contributed by atoms with Crippen molar-refractivity contribution in [1.82, 2.24) is 30.1 Å². The van der Waals surface area contributed by atoms with Gasteiger partial charge in [-0.2, -0.15) is 0 Å². The number of aromatic amines is 1. The average Bonchev–Trinajstić information content (AvgIpc) is 3.46. The fourth-order valence-electron chi connectivity index (χ4n) is 5.06. The number of nitrogens with one attached hydrogen (secondary N) is 1. The van der Waals surface area contributed by atoms with Crippen molar-refractivity contribution in [3.63, 3.8) is 0 Å². The highest BCUT2D eigenvalue weighted by Gasteiger charge is 2.35. The number of benzene rings is 1. The zero-order valence-corrected chi connectivity index (χ0v) is 20.5. The Morgan fingerprint density at radius 2 is 2.03 bits per heavy atom. The monoisotopic (exact) mass is 466 g/mol. The van der Waals surface area contributed by atoms with Crippen molar-refractivity contribution in [1.29, 1.82) is 0 Å². The number of pyridine rings is 1. The van der Waals surface area contributed by atoms with Crippen LogP contribution in [0.2, 0.25) is 0 Å². The van der Waals surface area contributed by atoms with Gasteiger partial charge < -0.3 is 9.72 Å². The number of tetrazole rings is 1. The number of esters is 1. The Balaban J connectivity index is 1.72. The van der Waals surface area contributed by atoms with E-state index in [2.05, 4.69) is 45.3 Å². The topological polar surface area (TPSA) is 106 Å². The SMILES string of the molecule is CCOC(=O)Cn1nnnc1C(C(C)C)N(Cc1cc2ccc(C)cc2[nH]c1=O)C1CCCC1. The van der Waals surface area contributed by atoms with E-state index in [9.17, 15) is 9.59 Å². The molecular weight excluding hydrogens is 432 g/mol. The number of nitrogens with zero attached hydrogens (tertiary/aromatic N) is 5. The van der Waals surface area contributed by atoms with E-state index < -0.39 is 0 Å². The van der Waals surface area contributed by atoms with Crippen molar-refractivity contribution in [2.75, 3.05) is 6.61 Å². The smallest absolute Gasteiger partial charge is 0.327 e. The Bertz CT molecular complexity index is 1190. The molecular formula is C25H34N6O3. The van der Waals surface area contributed by atoms with Crippen molar-refractivity contribution < 1.29 is 9.53 Å². The molecule has 9 nitrogen and oxygen atoms in total. The molecule has 0 radical (unpaired) electrons. The summed E-state index contributed by atoms with van der Waals surface area (Å²) >= 11 is 0. The molecule has 0 aliphatic heterocycles. The summed E-state index contributed by atoms with van der Waals surface area (Å²) in [6.45, 7) is 8.81. The van der Waals surface area contributed by atoms with Crippen molar-refractivity contribution in [3.8, 4) is 0 Å². The van der Waals surface area contributed by atoms with E-state index in [4.69, 9.17) is 4.74 Å². The van der Waals surface area contributed by atoms with Crippen LogP contribution in [0.25, 0.3) is 10.9 Å². The lowest BCUT2D eigenvalue weighted by molar-refractivity contribution is -0.144. The maximum atomic E-state index is 13.1. The summed E-state index contributed by atoms with van der Waals surface area (Å²) in [6.07, 6.45) is 4.45.